The van der Waals surface area contributed by atoms with Crippen molar-refractivity contribution in [2.24, 2.45) is 0 Å². The minimum Gasteiger partial charge on any atom is -0.340 e. The highest BCUT2D eigenvalue weighted by atomic mass is 32.2. The first-order valence-corrected chi connectivity index (χ1v) is 13.2. The summed E-state index contributed by atoms with van der Waals surface area (Å²) in [5.41, 5.74) is 1.85. The van der Waals surface area contributed by atoms with Crippen LogP contribution < -0.4 is 5.32 Å². The van der Waals surface area contributed by atoms with Crippen molar-refractivity contribution in [2.45, 2.75) is 38.1 Å². The summed E-state index contributed by atoms with van der Waals surface area (Å²) >= 11 is 0. The summed E-state index contributed by atoms with van der Waals surface area (Å²) in [6.45, 7) is 8.11. The molecule has 1 N–H and O–H groups in total. The molecule has 1 fully saturated rings. The number of hydrogen-bond acceptors (Lipinski definition) is 5. The zero-order chi connectivity index (χ0) is 24.6. The number of nitrogens with zero attached hydrogens (tertiary/aromatic N) is 3. The number of carbonyl (C=O) groups is 2. The molecule has 184 valence electrons. The number of rotatable bonds is 10. The summed E-state index contributed by atoms with van der Waals surface area (Å²) in [6, 6.07) is 16.1. The Morgan fingerprint density at radius 2 is 1.59 bits per heavy atom. The lowest BCUT2D eigenvalue weighted by Crippen LogP contribution is -2.50. The zero-order valence-corrected chi connectivity index (χ0v) is 20.8. The molecule has 9 heteroatoms. The molecule has 3 rings (SSSR count). The Balaban J connectivity index is 1.45. The van der Waals surface area contributed by atoms with E-state index in [-0.39, 0.29) is 42.6 Å². The maximum atomic E-state index is 12.7. The number of amides is 2. The maximum Gasteiger partial charge on any atom is 0.243 e. The Hall–Kier alpha value is -2.75. The Kier molecular flexibility index (Phi) is 9.20. The van der Waals surface area contributed by atoms with E-state index in [0.29, 0.717) is 13.1 Å². The molecule has 0 saturated carbocycles. The minimum atomic E-state index is -3.56. The second kappa shape index (κ2) is 12.1. The van der Waals surface area contributed by atoms with E-state index in [1.54, 1.807) is 35.2 Å². The average molecular weight is 487 g/mol. The van der Waals surface area contributed by atoms with Crippen molar-refractivity contribution in [3.63, 3.8) is 0 Å². The van der Waals surface area contributed by atoms with Gasteiger partial charge in [0.15, 0.2) is 0 Å². The van der Waals surface area contributed by atoms with E-state index < -0.39 is 10.0 Å². The highest BCUT2D eigenvalue weighted by Crippen LogP contribution is 2.18. The van der Waals surface area contributed by atoms with Gasteiger partial charge >= 0.3 is 0 Å². The zero-order valence-electron chi connectivity index (χ0n) is 19.9. The summed E-state index contributed by atoms with van der Waals surface area (Å²) in [7, 11) is -3.56. The van der Waals surface area contributed by atoms with Gasteiger partial charge in [-0.15, -0.1) is 0 Å². The van der Waals surface area contributed by atoms with Crippen LogP contribution >= 0.6 is 0 Å². The van der Waals surface area contributed by atoms with Crippen LogP contribution in [0, 0.1) is 0 Å². The van der Waals surface area contributed by atoms with Crippen LogP contribution in [0.2, 0.25) is 0 Å². The molecule has 2 aromatic rings. The number of hydrogen-bond donors (Lipinski definition) is 1. The molecule has 0 aromatic heterocycles. The third kappa shape index (κ3) is 6.88. The molecular formula is C25H34N4O4S. The quantitative estimate of drug-likeness (QED) is 0.558. The molecule has 0 radical (unpaired) electrons. The van der Waals surface area contributed by atoms with E-state index in [2.05, 4.69) is 24.1 Å². The van der Waals surface area contributed by atoms with E-state index in [4.69, 9.17) is 0 Å². The molecule has 1 heterocycles. The highest BCUT2D eigenvalue weighted by molar-refractivity contribution is 7.89. The van der Waals surface area contributed by atoms with Gasteiger partial charge in [-0.05, 0) is 42.9 Å². The third-order valence-corrected chi connectivity index (χ3v) is 7.96. The van der Waals surface area contributed by atoms with Crippen molar-refractivity contribution < 1.29 is 18.0 Å². The number of carbonyl (C=O) groups excluding carboxylic acids is 2. The SMILES string of the molecule is CCN(CC)Cc1cccc(NC(=O)CCC(=O)N2CCN(S(=O)(=O)c3ccccc3)CC2)c1. The second-order valence-corrected chi connectivity index (χ2v) is 10.2. The molecular weight excluding hydrogens is 452 g/mol. The molecule has 0 aliphatic carbocycles. The smallest absolute Gasteiger partial charge is 0.243 e. The van der Waals surface area contributed by atoms with Crippen molar-refractivity contribution in [3.8, 4) is 0 Å². The molecule has 2 aromatic carbocycles. The second-order valence-electron chi connectivity index (χ2n) is 8.31. The Bertz CT molecular complexity index is 1060. The van der Waals surface area contributed by atoms with Crippen LogP contribution in [0.5, 0.6) is 0 Å². The Morgan fingerprint density at radius 3 is 2.24 bits per heavy atom. The number of nitrogens with one attached hydrogen (secondary N) is 1. The molecule has 0 unspecified atom stereocenters. The average Bonchev–Trinajstić information content (AvgIpc) is 2.86. The number of anilines is 1. The van der Waals surface area contributed by atoms with Gasteiger partial charge in [-0.1, -0.05) is 44.2 Å². The first-order chi connectivity index (χ1) is 16.3. The van der Waals surface area contributed by atoms with Crippen molar-refractivity contribution in [2.75, 3.05) is 44.6 Å². The van der Waals surface area contributed by atoms with E-state index in [1.807, 2.05) is 24.3 Å². The van der Waals surface area contributed by atoms with Gasteiger partial charge in [0.2, 0.25) is 21.8 Å². The van der Waals surface area contributed by atoms with Crippen molar-refractivity contribution in [3.05, 3.63) is 60.2 Å². The molecule has 1 saturated heterocycles. The Morgan fingerprint density at radius 1 is 0.912 bits per heavy atom. The van der Waals surface area contributed by atoms with Crippen LogP contribution in [0.4, 0.5) is 5.69 Å². The summed E-state index contributed by atoms with van der Waals surface area (Å²) in [6.07, 6.45) is 0.179. The van der Waals surface area contributed by atoms with Crippen LogP contribution in [0.1, 0.15) is 32.3 Å². The van der Waals surface area contributed by atoms with E-state index in [9.17, 15) is 18.0 Å². The van der Waals surface area contributed by atoms with Crippen molar-refractivity contribution in [1.82, 2.24) is 14.1 Å². The lowest BCUT2D eigenvalue weighted by atomic mass is 10.1. The van der Waals surface area contributed by atoms with E-state index in [0.717, 1.165) is 30.9 Å². The molecule has 0 spiro atoms. The lowest BCUT2D eigenvalue weighted by molar-refractivity contribution is -0.133. The number of sulfonamides is 1. The summed E-state index contributed by atoms with van der Waals surface area (Å²) in [5.74, 6) is -0.346. The van der Waals surface area contributed by atoms with Crippen LogP contribution in [-0.2, 0) is 26.2 Å². The monoisotopic (exact) mass is 486 g/mol. The number of piperazine rings is 1. The molecule has 34 heavy (non-hydrogen) atoms. The van der Waals surface area contributed by atoms with Gasteiger partial charge in [0, 0.05) is 51.3 Å². The normalized spacial score (nSPS) is 14.9. The first kappa shape index (κ1) is 25.9. The standard InChI is InChI=1S/C25H34N4O4S/c1-3-27(4-2)20-21-9-8-10-22(19-21)26-24(30)13-14-25(31)28-15-17-29(18-16-28)34(32,33)23-11-6-5-7-12-23/h5-12,19H,3-4,13-18,20H2,1-2H3,(H,26,30). The highest BCUT2D eigenvalue weighted by Gasteiger charge is 2.29. The molecule has 0 atom stereocenters. The van der Waals surface area contributed by atoms with Crippen LogP contribution in [0.15, 0.2) is 59.5 Å². The van der Waals surface area contributed by atoms with Crippen LogP contribution in [0.3, 0.4) is 0 Å². The minimum absolute atomic E-state index is 0.0850. The predicted molar refractivity (Wildman–Crippen MR) is 133 cm³/mol. The van der Waals surface area contributed by atoms with Crippen molar-refractivity contribution >= 4 is 27.5 Å². The van der Waals surface area contributed by atoms with Crippen LogP contribution in [0.25, 0.3) is 0 Å². The van der Waals surface area contributed by atoms with Gasteiger partial charge in [-0.3, -0.25) is 14.5 Å². The Labute approximate surface area is 202 Å². The summed E-state index contributed by atoms with van der Waals surface area (Å²) < 4.78 is 26.9. The predicted octanol–water partition coefficient (Wildman–Crippen LogP) is 2.78. The fourth-order valence-corrected chi connectivity index (χ4v) is 5.42. The van der Waals surface area contributed by atoms with Gasteiger partial charge in [0.25, 0.3) is 0 Å². The van der Waals surface area contributed by atoms with Gasteiger partial charge < -0.3 is 10.2 Å². The third-order valence-electron chi connectivity index (χ3n) is 6.05. The summed E-state index contributed by atoms with van der Waals surface area (Å²) in [5, 5.41) is 2.88. The topological polar surface area (TPSA) is 90.0 Å². The fraction of sp³-hybridized carbons (Fsp3) is 0.440. The molecule has 1 aliphatic heterocycles. The largest absolute Gasteiger partial charge is 0.340 e. The van der Waals surface area contributed by atoms with E-state index in [1.165, 1.54) is 4.31 Å². The van der Waals surface area contributed by atoms with Gasteiger partial charge in [0.05, 0.1) is 4.90 Å². The fourth-order valence-electron chi connectivity index (χ4n) is 3.97. The van der Waals surface area contributed by atoms with Crippen molar-refractivity contribution in [1.29, 1.82) is 0 Å². The number of benzene rings is 2. The first-order valence-electron chi connectivity index (χ1n) is 11.8. The lowest BCUT2D eigenvalue weighted by Gasteiger charge is -2.34. The maximum absolute atomic E-state index is 12.7. The molecule has 0 bridgehead atoms. The summed E-state index contributed by atoms with van der Waals surface area (Å²) in [4.78, 5) is 29.2. The van der Waals surface area contributed by atoms with Gasteiger partial charge in [-0.2, -0.15) is 4.31 Å². The van der Waals surface area contributed by atoms with Gasteiger partial charge in [-0.25, -0.2) is 8.42 Å². The van der Waals surface area contributed by atoms with Crippen LogP contribution in [-0.4, -0.2) is 73.6 Å². The van der Waals surface area contributed by atoms with Gasteiger partial charge in [0.1, 0.15) is 0 Å². The van der Waals surface area contributed by atoms with E-state index >= 15 is 0 Å². The molecule has 2 amide bonds. The molecule has 1 aliphatic rings. The molecule has 8 nitrogen and oxygen atoms in total.